The second-order valence-electron chi connectivity index (χ2n) is 6.58. The zero-order chi connectivity index (χ0) is 17.3. The fraction of sp³-hybridized carbons (Fsp3) is 0.368. The first-order chi connectivity index (χ1) is 11.5. The van der Waals surface area contributed by atoms with Gasteiger partial charge in [-0.15, -0.1) is 0 Å². The fourth-order valence-electron chi connectivity index (χ4n) is 3.10. The van der Waals surface area contributed by atoms with Gasteiger partial charge in [0.25, 0.3) is 0 Å². The highest BCUT2D eigenvalue weighted by atomic mass is 16.5. The maximum absolute atomic E-state index is 8.16. The van der Waals surface area contributed by atoms with Gasteiger partial charge in [-0.05, 0) is 36.1 Å². The van der Waals surface area contributed by atoms with Crippen LogP contribution in [0.25, 0.3) is 0 Å². The lowest BCUT2D eigenvalue weighted by Crippen LogP contribution is -2.29. The molecule has 1 aliphatic rings. The van der Waals surface area contributed by atoms with Crippen LogP contribution in [0.15, 0.2) is 42.6 Å². The van der Waals surface area contributed by atoms with E-state index in [1.807, 2.05) is 26.0 Å². The number of aromatic nitrogens is 1. The van der Waals surface area contributed by atoms with Crippen LogP contribution in [0.4, 0.5) is 0 Å². The second kappa shape index (κ2) is 6.61. The number of rotatable bonds is 3. The molecule has 5 nitrogen and oxygen atoms in total. The number of fused-ring (bicyclic) bond motifs is 1. The summed E-state index contributed by atoms with van der Waals surface area (Å²) in [6.45, 7) is 3.89. The van der Waals surface area contributed by atoms with Crippen LogP contribution >= 0.6 is 0 Å². The normalized spacial score (nSPS) is 19.8. The van der Waals surface area contributed by atoms with E-state index in [1.165, 1.54) is 0 Å². The molecule has 2 aromatic rings. The zero-order valence-electron chi connectivity index (χ0n) is 14.1. The molecule has 0 saturated heterocycles. The molecular formula is C19H24N4O. The van der Waals surface area contributed by atoms with Gasteiger partial charge in [-0.25, -0.2) is 0 Å². The van der Waals surface area contributed by atoms with E-state index in [1.54, 1.807) is 22.9 Å². The molecular weight excluding hydrogens is 300 g/mol. The Morgan fingerprint density at radius 3 is 2.58 bits per heavy atom. The summed E-state index contributed by atoms with van der Waals surface area (Å²) in [6, 6.07) is 11.7. The van der Waals surface area contributed by atoms with Crippen molar-refractivity contribution in [1.82, 2.24) is 4.57 Å². The van der Waals surface area contributed by atoms with E-state index in [4.69, 9.17) is 21.3 Å². The largest absolute Gasteiger partial charge is 0.484 e. The minimum absolute atomic E-state index is 0.0423. The van der Waals surface area contributed by atoms with E-state index in [0.717, 1.165) is 24.0 Å². The van der Waals surface area contributed by atoms with Crippen molar-refractivity contribution in [2.24, 2.45) is 11.7 Å². The Balaban J connectivity index is 1.90. The molecule has 1 aliphatic carbocycles. The summed E-state index contributed by atoms with van der Waals surface area (Å²) in [6.07, 6.45) is 3.45. The molecule has 1 aromatic carbocycles. The van der Waals surface area contributed by atoms with Crippen LogP contribution in [-0.2, 0) is 0 Å². The Kier molecular flexibility index (Phi) is 4.53. The van der Waals surface area contributed by atoms with Gasteiger partial charge in [0.2, 0.25) is 0 Å². The van der Waals surface area contributed by atoms with Gasteiger partial charge in [0.1, 0.15) is 23.2 Å². The van der Waals surface area contributed by atoms with Gasteiger partial charge >= 0.3 is 0 Å². The molecule has 3 rings (SSSR count). The first kappa shape index (κ1) is 16.5. The van der Waals surface area contributed by atoms with Crippen LogP contribution < -0.4 is 16.0 Å². The van der Waals surface area contributed by atoms with Crippen molar-refractivity contribution >= 4 is 5.84 Å². The predicted octanol–water partition coefficient (Wildman–Crippen LogP) is 3.36. The zero-order valence-corrected chi connectivity index (χ0v) is 14.1. The number of nitrogens with zero attached hydrogens (tertiary/aromatic N) is 1. The highest BCUT2D eigenvalue weighted by Crippen LogP contribution is 2.37. The van der Waals surface area contributed by atoms with Gasteiger partial charge in [0, 0.05) is 12.0 Å². The van der Waals surface area contributed by atoms with E-state index in [-0.39, 0.29) is 23.6 Å². The van der Waals surface area contributed by atoms with Crippen LogP contribution in [0.5, 0.6) is 5.75 Å². The molecule has 0 fully saturated rings. The third-order valence-corrected chi connectivity index (χ3v) is 4.49. The van der Waals surface area contributed by atoms with Crippen molar-refractivity contribution in [3.05, 3.63) is 59.2 Å². The molecule has 4 N–H and O–H groups in total. The molecule has 24 heavy (non-hydrogen) atoms. The summed E-state index contributed by atoms with van der Waals surface area (Å²) in [5.74, 6) is 1.10. The van der Waals surface area contributed by atoms with Crippen LogP contribution in [0.2, 0.25) is 0 Å². The maximum atomic E-state index is 8.16. The molecule has 1 aromatic heterocycles. The highest BCUT2D eigenvalue weighted by molar-refractivity contribution is 5.83. The average molecular weight is 324 g/mol. The summed E-state index contributed by atoms with van der Waals surface area (Å²) in [4.78, 5) is 0. The standard InChI is InChI=1S/C19H24N4O/c1-12(2)19(22)23-11-13(7-10-18(23)21)24-17-9-8-16(20)14-5-3-4-6-15(14)17/h3-7,10-12,16-17,21-22H,8-9,20H2,1-2H3/t16?,17-/m1/s1. The minimum atomic E-state index is -0.0423. The van der Waals surface area contributed by atoms with Crippen molar-refractivity contribution in [2.75, 3.05) is 0 Å². The monoisotopic (exact) mass is 324 g/mol. The Labute approximate surface area is 142 Å². The van der Waals surface area contributed by atoms with E-state index in [0.29, 0.717) is 11.6 Å². The average Bonchev–Trinajstić information content (AvgIpc) is 2.58. The first-order valence-electron chi connectivity index (χ1n) is 8.34. The van der Waals surface area contributed by atoms with Crippen molar-refractivity contribution in [3.63, 3.8) is 0 Å². The summed E-state index contributed by atoms with van der Waals surface area (Å²) in [7, 11) is 0. The number of nitrogens with one attached hydrogen (secondary N) is 2. The lowest BCUT2D eigenvalue weighted by atomic mass is 9.86. The molecule has 0 aliphatic heterocycles. The van der Waals surface area contributed by atoms with E-state index >= 15 is 0 Å². The lowest BCUT2D eigenvalue weighted by molar-refractivity contribution is 0.176. The van der Waals surface area contributed by atoms with Gasteiger partial charge in [0.05, 0.1) is 6.20 Å². The molecule has 1 heterocycles. The minimum Gasteiger partial charge on any atom is -0.484 e. The topological polar surface area (TPSA) is 87.9 Å². The highest BCUT2D eigenvalue weighted by Gasteiger charge is 2.26. The van der Waals surface area contributed by atoms with E-state index in [2.05, 4.69) is 12.1 Å². The number of pyridine rings is 1. The summed E-state index contributed by atoms with van der Waals surface area (Å²) < 4.78 is 7.77. The van der Waals surface area contributed by atoms with Crippen LogP contribution in [0, 0.1) is 16.7 Å². The van der Waals surface area contributed by atoms with Gasteiger partial charge in [-0.1, -0.05) is 38.1 Å². The summed E-state index contributed by atoms with van der Waals surface area (Å²) >= 11 is 0. The molecule has 0 saturated carbocycles. The van der Waals surface area contributed by atoms with Crippen LogP contribution in [0.3, 0.4) is 0 Å². The molecule has 5 heteroatoms. The van der Waals surface area contributed by atoms with Gasteiger partial charge in [-0.3, -0.25) is 15.4 Å². The number of ether oxygens (including phenoxy) is 1. The lowest BCUT2D eigenvalue weighted by Gasteiger charge is -2.30. The Bertz CT molecular complexity index is 809. The van der Waals surface area contributed by atoms with Crippen LogP contribution in [0.1, 0.15) is 50.0 Å². The SMILES string of the molecule is CC(C)C(=N)n1cc(O[C@@H]2CCC(N)c3ccccc32)ccc1=N. The number of nitrogens with two attached hydrogens (primary N) is 1. The third kappa shape index (κ3) is 3.12. The second-order valence-corrected chi connectivity index (χ2v) is 6.58. The summed E-state index contributed by atoms with van der Waals surface area (Å²) in [5, 5.41) is 16.2. The Hall–Kier alpha value is -2.40. The predicted molar refractivity (Wildman–Crippen MR) is 94.2 cm³/mol. The fourth-order valence-corrected chi connectivity index (χ4v) is 3.10. The van der Waals surface area contributed by atoms with E-state index in [9.17, 15) is 0 Å². The quantitative estimate of drug-likeness (QED) is 0.597. The van der Waals surface area contributed by atoms with Gasteiger partial charge in [0.15, 0.2) is 0 Å². The maximum Gasteiger partial charge on any atom is 0.137 e. The smallest absolute Gasteiger partial charge is 0.137 e. The third-order valence-electron chi connectivity index (χ3n) is 4.49. The molecule has 126 valence electrons. The molecule has 1 unspecified atom stereocenters. The van der Waals surface area contributed by atoms with Gasteiger partial charge < -0.3 is 10.5 Å². The first-order valence-corrected chi connectivity index (χ1v) is 8.34. The Morgan fingerprint density at radius 2 is 1.88 bits per heavy atom. The molecule has 0 bridgehead atoms. The van der Waals surface area contributed by atoms with Crippen molar-refractivity contribution in [2.45, 2.75) is 38.8 Å². The number of hydrogen-bond acceptors (Lipinski definition) is 4. The molecule has 0 radical (unpaired) electrons. The molecule has 0 spiro atoms. The molecule has 2 atom stereocenters. The van der Waals surface area contributed by atoms with Crippen molar-refractivity contribution in [1.29, 1.82) is 10.8 Å². The number of hydrogen-bond donors (Lipinski definition) is 3. The van der Waals surface area contributed by atoms with Crippen molar-refractivity contribution < 1.29 is 4.74 Å². The van der Waals surface area contributed by atoms with Crippen LogP contribution in [-0.4, -0.2) is 10.4 Å². The number of benzene rings is 1. The van der Waals surface area contributed by atoms with Crippen molar-refractivity contribution in [3.8, 4) is 5.75 Å². The summed E-state index contributed by atoms with van der Waals surface area (Å²) in [5.41, 5.74) is 8.77. The Morgan fingerprint density at radius 1 is 1.17 bits per heavy atom. The molecule has 0 amide bonds. The van der Waals surface area contributed by atoms with E-state index < -0.39 is 0 Å². The van der Waals surface area contributed by atoms with Gasteiger partial charge in [-0.2, -0.15) is 0 Å².